The van der Waals surface area contributed by atoms with Gasteiger partial charge in [-0.05, 0) is 24.6 Å². The molecule has 1 fully saturated rings. The Kier molecular flexibility index (Phi) is 4.46. The van der Waals surface area contributed by atoms with Gasteiger partial charge >= 0.3 is 0 Å². The smallest absolute Gasteiger partial charge is 0.243 e. The predicted octanol–water partition coefficient (Wildman–Crippen LogP) is 1.51. The van der Waals surface area contributed by atoms with Gasteiger partial charge in [0.1, 0.15) is 5.76 Å². The number of carbonyl (C=O) groups excluding carboxylic acids is 3. The molecule has 0 bridgehead atoms. The minimum absolute atomic E-state index is 0.149. The van der Waals surface area contributed by atoms with Crippen molar-refractivity contribution in [3.8, 4) is 0 Å². The van der Waals surface area contributed by atoms with E-state index in [1.54, 1.807) is 19.1 Å². The summed E-state index contributed by atoms with van der Waals surface area (Å²) in [5.41, 5.74) is 0.919. The summed E-state index contributed by atoms with van der Waals surface area (Å²) in [4.78, 5) is 38.7. The van der Waals surface area contributed by atoms with E-state index >= 15 is 0 Å². The SMILES string of the molecule is C[C@@H]1C(=O)[C@H](C(=O)NCc2ccco2)C(=O)N1Cc1ccccc1. The summed E-state index contributed by atoms with van der Waals surface area (Å²) < 4.78 is 5.13. The van der Waals surface area contributed by atoms with Gasteiger partial charge in [0.25, 0.3) is 0 Å². The fourth-order valence-electron chi connectivity index (χ4n) is 2.80. The molecule has 124 valence electrons. The molecule has 2 atom stereocenters. The highest BCUT2D eigenvalue weighted by atomic mass is 16.3. The Bertz CT molecular complexity index is 740. The van der Waals surface area contributed by atoms with Crippen molar-refractivity contribution >= 4 is 17.6 Å². The maximum Gasteiger partial charge on any atom is 0.243 e. The second-order valence-electron chi connectivity index (χ2n) is 5.76. The van der Waals surface area contributed by atoms with E-state index in [1.807, 2.05) is 30.3 Å². The van der Waals surface area contributed by atoms with Crippen molar-refractivity contribution in [1.82, 2.24) is 10.2 Å². The maximum absolute atomic E-state index is 12.6. The van der Waals surface area contributed by atoms with Crippen LogP contribution in [0.4, 0.5) is 0 Å². The van der Waals surface area contributed by atoms with Crippen LogP contribution < -0.4 is 5.32 Å². The van der Waals surface area contributed by atoms with Gasteiger partial charge in [-0.15, -0.1) is 0 Å². The monoisotopic (exact) mass is 326 g/mol. The van der Waals surface area contributed by atoms with Gasteiger partial charge in [0.15, 0.2) is 11.7 Å². The van der Waals surface area contributed by atoms with Crippen LogP contribution in [0.2, 0.25) is 0 Å². The molecule has 0 spiro atoms. The number of carbonyl (C=O) groups is 3. The number of Topliss-reactive ketones (excluding diaryl/α,β-unsaturated/α-hetero) is 1. The van der Waals surface area contributed by atoms with Crippen molar-refractivity contribution in [2.45, 2.75) is 26.1 Å². The van der Waals surface area contributed by atoms with Crippen molar-refractivity contribution in [2.75, 3.05) is 0 Å². The van der Waals surface area contributed by atoms with Crippen LogP contribution in [0.25, 0.3) is 0 Å². The number of amides is 2. The lowest BCUT2D eigenvalue weighted by Gasteiger charge is -2.20. The quantitative estimate of drug-likeness (QED) is 0.845. The summed E-state index contributed by atoms with van der Waals surface area (Å²) in [6.07, 6.45) is 1.50. The molecular formula is C18H18N2O4. The van der Waals surface area contributed by atoms with Gasteiger partial charge in [-0.25, -0.2) is 0 Å². The Morgan fingerprint density at radius 2 is 1.92 bits per heavy atom. The van der Waals surface area contributed by atoms with Gasteiger partial charge < -0.3 is 14.6 Å². The molecule has 2 heterocycles. The molecule has 0 unspecified atom stereocenters. The summed E-state index contributed by atoms with van der Waals surface area (Å²) in [5.74, 6) is -2.11. The minimum atomic E-state index is -1.28. The van der Waals surface area contributed by atoms with Crippen LogP contribution in [0.3, 0.4) is 0 Å². The third-order valence-electron chi connectivity index (χ3n) is 4.17. The van der Waals surface area contributed by atoms with Gasteiger partial charge in [-0.2, -0.15) is 0 Å². The van der Waals surface area contributed by atoms with Crippen LogP contribution in [-0.4, -0.2) is 28.5 Å². The molecule has 2 amide bonds. The van der Waals surface area contributed by atoms with Crippen LogP contribution in [0.15, 0.2) is 53.1 Å². The summed E-state index contributed by atoms with van der Waals surface area (Å²) in [6.45, 7) is 2.12. The number of nitrogens with zero attached hydrogens (tertiary/aromatic N) is 1. The highest BCUT2D eigenvalue weighted by Gasteiger charge is 2.48. The molecule has 3 rings (SSSR count). The number of nitrogens with one attached hydrogen (secondary N) is 1. The standard InChI is InChI=1S/C18H18N2O4/c1-12-16(21)15(17(22)19-10-14-8-5-9-24-14)18(23)20(12)11-13-6-3-2-4-7-13/h2-9,12,15H,10-11H2,1H3,(H,19,22)/t12-,15-/m1/s1. The molecule has 2 aromatic rings. The molecule has 6 heteroatoms. The van der Waals surface area contributed by atoms with Crippen LogP contribution in [0.1, 0.15) is 18.2 Å². The van der Waals surface area contributed by atoms with E-state index in [0.29, 0.717) is 12.3 Å². The molecule has 1 aliphatic heterocycles. The number of likely N-dealkylation sites (tertiary alicyclic amines) is 1. The summed E-state index contributed by atoms with van der Waals surface area (Å²) in [7, 11) is 0. The van der Waals surface area contributed by atoms with Crippen LogP contribution in [-0.2, 0) is 27.5 Å². The fourth-order valence-corrected chi connectivity index (χ4v) is 2.80. The largest absolute Gasteiger partial charge is 0.467 e. The van der Waals surface area contributed by atoms with Crippen molar-refractivity contribution in [3.05, 3.63) is 60.1 Å². The normalized spacial score (nSPS) is 20.5. The zero-order chi connectivity index (χ0) is 17.1. The molecule has 0 aliphatic carbocycles. The lowest BCUT2D eigenvalue weighted by Crippen LogP contribution is -2.38. The molecule has 1 saturated heterocycles. The molecular weight excluding hydrogens is 308 g/mol. The summed E-state index contributed by atoms with van der Waals surface area (Å²) in [6, 6.07) is 12.2. The first-order chi connectivity index (χ1) is 11.6. The van der Waals surface area contributed by atoms with Gasteiger partial charge in [0, 0.05) is 6.54 Å². The Morgan fingerprint density at radius 3 is 2.58 bits per heavy atom. The van der Waals surface area contributed by atoms with Crippen LogP contribution in [0, 0.1) is 5.92 Å². The molecule has 1 aromatic carbocycles. The lowest BCUT2D eigenvalue weighted by atomic mass is 10.0. The van der Waals surface area contributed by atoms with E-state index in [0.717, 1.165) is 5.56 Å². The second kappa shape index (κ2) is 6.70. The highest BCUT2D eigenvalue weighted by Crippen LogP contribution is 2.24. The highest BCUT2D eigenvalue weighted by molar-refractivity contribution is 6.23. The number of hydrogen-bond donors (Lipinski definition) is 1. The Morgan fingerprint density at radius 1 is 1.17 bits per heavy atom. The Labute approximate surface area is 139 Å². The lowest BCUT2D eigenvalue weighted by molar-refractivity contribution is -0.140. The molecule has 1 aliphatic rings. The van der Waals surface area contributed by atoms with E-state index in [4.69, 9.17) is 4.42 Å². The number of hydrogen-bond acceptors (Lipinski definition) is 4. The van der Waals surface area contributed by atoms with Crippen molar-refractivity contribution in [1.29, 1.82) is 0 Å². The topological polar surface area (TPSA) is 79.6 Å². The first kappa shape index (κ1) is 16.0. The van der Waals surface area contributed by atoms with E-state index in [9.17, 15) is 14.4 Å². The number of ketones is 1. The van der Waals surface area contributed by atoms with Crippen molar-refractivity contribution in [2.24, 2.45) is 5.92 Å². The predicted molar refractivity (Wildman–Crippen MR) is 85.5 cm³/mol. The minimum Gasteiger partial charge on any atom is -0.467 e. The number of benzene rings is 1. The first-order valence-corrected chi connectivity index (χ1v) is 7.76. The Balaban J connectivity index is 1.69. The first-order valence-electron chi connectivity index (χ1n) is 7.76. The number of furan rings is 1. The summed E-state index contributed by atoms with van der Waals surface area (Å²) in [5, 5.41) is 2.59. The zero-order valence-electron chi connectivity index (χ0n) is 13.3. The van der Waals surface area contributed by atoms with E-state index in [1.165, 1.54) is 11.2 Å². The maximum atomic E-state index is 12.6. The third kappa shape index (κ3) is 3.08. The van der Waals surface area contributed by atoms with Gasteiger partial charge in [-0.1, -0.05) is 30.3 Å². The van der Waals surface area contributed by atoms with Crippen molar-refractivity contribution < 1.29 is 18.8 Å². The van der Waals surface area contributed by atoms with Crippen LogP contribution in [0.5, 0.6) is 0 Å². The second-order valence-corrected chi connectivity index (χ2v) is 5.76. The van der Waals surface area contributed by atoms with E-state index in [2.05, 4.69) is 5.32 Å². The molecule has 1 aromatic heterocycles. The van der Waals surface area contributed by atoms with E-state index < -0.39 is 23.8 Å². The molecule has 24 heavy (non-hydrogen) atoms. The molecule has 1 N–H and O–H groups in total. The molecule has 0 saturated carbocycles. The van der Waals surface area contributed by atoms with Gasteiger partial charge in [0.2, 0.25) is 11.8 Å². The van der Waals surface area contributed by atoms with Gasteiger partial charge in [-0.3, -0.25) is 14.4 Å². The van der Waals surface area contributed by atoms with Gasteiger partial charge in [0.05, 0.1) is 18.8 Å². The molecule has 0 radical (unpaired) electrons. The van der Waals surface area contributed by atoms with Crippen LogP contribution >= 0.6 is 0 Å². The van der Waals surface area contributed by atoms with Crippen molar-refractivity contribution in [3.63, 3.8) is 0 Å². The Hall–Kier alpha value is -2.89. The van der Waals surface area contributed by atoms with E-state index in [-0.39, 0.29) is 12.3 Å². The average Bonchev–Trinajstić information content (AvgIpc) is 3.17. The average molecular weight is 326 g/mol. The zero-order valence-corrected chi connectivity index (χ0v) is 13.3. The third-order valence-corrected chi connectivity index (χ3v) is 4.17. The summed E-state index contributed by atoms with van der Waals surface area (Å²) >= 11 is 0. The molecule has 6 nitrogen and oxygen atoms in total. The number of rotatable bonds is 5. The fraction of sp³-hybridized carbons (Fsp3) is 0.278.